The van der Waals surface area contributed by atoms with Crippen molar-refractivity contribution < 1.29 is 4.74 Å². The van der Waals surface area contributed by atoms with Crippen molar-refractivity contribution in [3.8, 4) is 5.75 Å². The van der Waals surface area contributed by atoms with Crippen LogP contribution in [0.25, 0.3) is 10.9 Å². The fourth-order valence-electron chi connectivity index (χ4n) is 2.13. The number of para-hydroxylation sites is 1. The standard InChI is InChI=1S/C12H15N3O/c1-16-11-4-2-3-10-7-14-15(12(10)11)8-9-5-13-6-9/h2-4,7,9,13H,5-6,8H2,1H3. The predicted octanol–water partition coefficient (Wildman–Crippen LogP) is 1.26. The van der Waals surface area contributed by atoms with Crippen LogP contribution in [0.15, 0.2) is 24.4 Å². The molecule has 1 aliphatic rings. The van der Waals surface area contributed by atoms with Gasteiger partial charge in [-0.3, -0.25) is 4.68 Å². The average molecular weight is 217 g/mol. The molecule has 2 heterocycles. The van der Waals surface area contributed by atoms with Gasteiger partial charge in [0.15, 0.2) is 0 Å². The summed E-state index contributed by atoms with van der Waals surface area (Å²) in [6.45, 7) is 3.16. The molecule has 0 radical (unpaired) electrons. The number of methoxy groups -OCH3 is 1. The Morgan fingerprint density at radius 1 is 1.50 bits per heavy atom. The Hall–Kier alpha value is -1.55. The maximum Gasteiger partial charge on any atom is 0.144 e. The third-order valence-corrected chi connectivity index (χ3v) is 3.14. The predicted molar refractivity (Wildman–Crippen MR) is 62.6 cm³/mol. The van der Waals surface area contributed by atoms with Gasteiger partial charge in [0.05, 0.1) is 13.3 Å². The van der Waals surface area contributed by atoms with Crippen molar-refractivity contribution in [1.29, 1.82) is 0 Å². The molecule has 84 valence electrons. The molecule has 3 rings (SSSR count). The molecule has 0 unspecified atom stereocenters. The van der Waals surface area contributed by atoms with Crippen LogP contribution in [-0.4, -0.2) is 30.0 Å². The van der Waals surface area contributed by atoms with E-state index in [0.29, 0.717) is 5.92 Å². The molecule has 0 aliphatic carbocycles. The van der Waals surface area contributed by atoms with E-state index in [0.717, 1.165) is 36.3 Å². The first-order valence-electron chi connectivity index (χ1n) is 5.57. The van der Waals surface area contributed by atoms with Gasteiger partial charge in [-0.1, -0.05) is 12.1 Å². The van der Waals surface area contributed by atoms with E-state index in [1.165, 1.54) is 0 Å². The fourth-order valence-corrected chi connectivity index (χ4v) is 2.13. The summed E-state index contributed by atoms with van der Waals surface area (Å²) in [6, 6.07) is 6.05. The number of benzene rings is 1. The summed E-state index contributed by atoms with van der Waals surface area (Å²) in [7, 11) is 1.71. The van der Waals surface area contributed by atoms with Crippen LogP contribution in [0.4, 0.5) is 0 Å². The van der Waals surface area contributed by atoms with Gasteiger partial charge in [-0.25, -0.2) is 0 Å². The Bertz CT molecular complexity index is 502. The van der Waals surface area contributed by atoms with Gasteiger partial charge in [0.1, 0.15) is 11.3 Å². The summed E-state index contributed by atoms with van der Waals surface area (Å²) in [5.74, 6) is 1.61. The summed E-state index contributed by atoms with van der Waals surface area (Å²) in [5.41, 5.74) is 1.11. The Morgan fingerprint density at radius 3 is 3.06 bits per heavy atom. The summed E-state index contributed by atoms with van der Waals surface area (Å²) in [4.78, 5) is 0. The molecule has 4 heteroatoms. The number of nitrogens with zero attached hydrogens (tertiary/aromatic N) is 2. The first-order chi connectivity index (χ1) is 7.88. The smallest absolute Gasteiger partial charge is 0.144 e. The van der Waals surface area contributed by atoms with E-state index in [1.807, 2.05) is 18.3 Å². The molecule has 1 saturated heterocycles. The Labute approximate surface area is 94.2 Å². The average Bonchev–Trinajstić information content (AvgIpc) is 2.66. The SMILES string of the molecule is COc1cccc2cnn(CC3CNC3)c12. The summed E-state index contributed by atoms with van der Waals surface area (Å²) in [6.07, 6.45) is 1.91. The maximum absolute atomic E-state index is 5.38. The number of aromatic nitrogens is 2. The van der Waals surface area contributed by atoms with Crippen LogP contribution in [0, 0.1) is 5.92 Å². The minimum absolute atomic E-state index is 0.702. The number of fused-ring (bicyclic) bond motifs is 1. The number of nitrogens with one attached hydrogen (secondary N) is 1. The highest BCUT2D eigenvalue weighted by Crippen LogP contribution is 2.25. The zero-order valence-electron chi connectivity index (χ0n) is 9.31. The van der Waals surface area contributed by atoms with Crippen molar-refractivity contribution in [2.75, 3.05) is 20.2 Å². The zero-order valence-corrected chi connectivity index (χ0v) is 9.31. The lowest BCUT2D eigenvalue weighted by atomic mass is 10.0. The molecular weight excluding hydrogens is 202 g/mol. The molecule has 1 aromatic heterocycles. The Morgan fingerprint density at radius 2 is 2.38 bits per heavy atom. The molecule has 0 amide bonds. The molecule has 0 atom stereocenters. The third kappa shape index (κ3) is 1.46. The molecule has 4 nitrogen and oxygen atoms in total. The van der Waals surface area contributed by atoms with Crippen LogP contribution in [0.1, 0.15) is 0 Å². The van der Waals surface area contributed by atoms with Gasteiger partial charge in [-0.15, -0.1) is 0 Å². The van der Waals surface area contributed by atoms with Crippen LogP contribution in [0.5, 0.6) is 5.75 Å². The van der Waals surface area contributed by atoms with Gasteiger partial charge in [0, 0.05) is 30.9 Å². The highest BCUT2D eigenvalue weighted by molar-refractivity contribution is 5.84. The molecule has 16 heavy (non-hydrogen) atoms. The monoisotopic (exact) mass is 217 g/mol. The van der Waals surface area contributed by atoms with Gasteiger partial charge in [0.25, 0.3) is 0 Å². The largest absolute Gasteiger partial charge is 0.494 e. The summed E-state index contributed by atoms with van der Waals surface area (Å²) < 4.78 is 7.44. The highest BCUT2D eigenvalue weighted by atomic mass is 16.5. The number of hydrogen-bond acceptors (Lipinski definition) is 3. The van der Waals surface area contributed by atoms with Crippen molar-refractivity contribution in [3.05, 3.63) is 24.4 Å². The lowest BCUT2D eigenvalue weighted by molar-refractivity contribution is 0.298. The quantitative estimate of drug-likeness (QED) is 0.841. The van der Waals surface area contributed by atoms with Gasteiger partial charge >= 0.3 is 0 Å². The van der Waals surface area contributed by atoms with Gasteiger partial charge < -0.3 is 10.1 Å². The fraction of sp³-hybridized carbons (Fsp3) is 0.417. The second-order valence-electron chi connectivity index (χ2n) is 4.25. The van der Waals surface area contributed by atoms with Crippen molar-refractivity contribution in [1.82, 2.24) is 15.1 Å². The summed E-state index contributed by atoms with van der Waals surface area (Å²) >= 11 is 0. The van der Waals surface area contributed by atoms with Crippen molar-refractivity contribution >= 4 is 10.9 Å². The maximum atomic E-state index is 5.38. The Kier molecular flexibility index (Phi) is 2.29. The van der Waals surface area contributed by atoms with Crippen molar-refractivity contribution in [2.45, 2.75) is 6.54 Å². The molecule has 0 bridgehead atoms. The van der Waals surface area contributed by atoms with Crippen LogP contribution >= 0.6 is 0 Å². The van der Waals surface area contributed by atoms with Crippen LogP contribution in [-0.2, 0) is 6.54 Å². The topological polar surface area (TPSA) is 39.1 Å². The molecule has 2 aromatic rings. The van der Waals surface area contributed by atoms with Gasteiger partial charge in [-0.05, 0) is 6.07 Å². The molecule has 0 spiro atoms. The van der Waals surface area contributed by atoms with E-state index in [1.54, 1.807) is 7.11 Å². The first kappa shape index (κ1) is 9.66. The zero-order chi connectivity index (χ0) is 11.0. The van der Waals surface area contributed by atoms with E-state index in [9.17, 15) is 0 Å². The number of hydrogen-bond donors (Lipinski definition) is 1. The van der Waals surface area contributed by atoms with E-state index < -0.39 is 0 Å². The lowest BCUT2D eigenvalue weighted by Crippen LogP contribution is -2.44. The second kappa shape index (κ2) is 3.79. The highest BCUT2D eigenvalue weighted by Gasteiger charge is 2.19. The first-order valence-corrected chi connectivity index (χ1v) is 5.57. The molecular formula is C12H15N3O. The molecule has 1 N–H and O–H groups in total. The normalized spacial score (nSPS) is 16.3. The van der Waals surface area contributed by atoms with E-state index in [-0.39, 0.29) is 0 Å². The van der Waals surface area contributed by atoms with Crippen LogP contribution < -0.4 is 10.1 Å². The van der Waals surface area contributed by atoms with E-state index in [4.69, 9.17) is 4.74 Å². The van der Waals surface area contributed by atoms with Gasteiger partial charge in [-0.2, -0.15) is 5.10 Å². The van der Waals surface area contributed by atoms with Crippen molar-refractivity contribution in [2.24, 2.45) is 5.92 Å². The van der Waals surface area contributed by atoms with E-state index in [2.05, 4.69) is 21.2 Å². The molecule has 0 saturated carbocycles. The Balaban J connectivity index is 2.02. The number of rotatable bonds is 3. The summed E-state index contributed by atoms with van der Waals surface area (Å²) in [5, 5.41) is 8.86. The molecule has 1 aromatic carbocycles. The number of ether oxygens (including phenoxy) is 1. The van der Waals surface area contributed by atoms with Crippen molar-refractivity contribution in [3.63, 3.8) is 0 Å². The molecule has 1 fully saturated rings. The van der Waals surface area contributed by atoms with E-state index >= 15 is 0 Å². The lowest BCUT2D eigenvalue weighted by Gasteiger charge is -2.27. The minimum atomic E-state index is 0.702. The van der Waals surface area contributed by atoms with Crippen LogP contribution in [0.2, 0.25) is 0 Å². The van der Waals surface area contributed by atoms with Crippen LogP contribution in [0.3, 0.4) is 0 Å². The second-order valence-corrected chi connectivity index (χ2v) is 4.25. The minimum Gasteiger partial charge on any atom is -0.494 e. The van der Waals surface area contributed by atoms with Gasteiger partial charge in [0.2, 0.25) is 0 Å². The molecule has 1 aliphatic heterocycles. The third-order valence-electron chi connectivity index (χ3n) is 3.14.